The molecule has 0 saturated carbocycles. The van der Waals surface area contributed by atoms with Crippen LogP contribution in [0.2, 0.25) is 5.02 Å². The predicted octanol–water partition coefficient (Wildman–Crippen LogP) is 3.19. The van der Waals surface area contributed by atoms with Crippen LogP contribution in [0.4, 0.5) is 0 Å². The largest absolute Gasteiger partial charge is 0.474 e. The molecule has 1 saturated heterocycles. The van der Waals surface area contributed by atoms with Gasteiger partial charge >= 0.3 is 0 Å². The molecule has 25 heavy (non-hydrogen) atoms. The van der Waals surface area contributed by atoms with Gasteiger partial charge in [0.25, 0.3) is 5.91 Å². The maximum atomic E-state index is 13.0. The number of hydrogen-bond acceptors (Lipinski definition) is 4. The summed E-state index contributed by atoms with van der Waals surface area (Å²) in [4.78, 5) is 14.7. The van der Waals surface area contributed by atoms with Crippen LogP contribution in [0.3, 0.4) is 0 Å². The summed E-state index contributed by atoms with van der Waals surface area (Å²) in [6.07, 6.45) is -0.801. The van der Waals surface area contributed by atoms with Crippen molar-refractivity contribution in [1.82, 2.24) is 4.90 Å². The first-order valence-corrected chi connectivity index (χ1v) is 8.34. The lowest BCUT2D eigenvalue weighted by molar-refractivity contribution is -0.143. The van der Waals surface area contributed by atoms with Crippen molar-refractivity contribution in [1.29, 1.82) is 5.26 Å². The molecule has 3 rings (SSSR count). The van der Waals surface area contributed by atoms with Crippen LogP contribution in [0.5, 0.6) is 5.75 Å². The first-order valence-electron chi connectivity index (χ1n) is 7.97. The standard InChI is InChI=1S/C19H17ClN2O3/c20-16-12-14(13-21)6-7-17(16)25-18(15-4-2-1-3-5-15)19(23)22-8-10-24-11-9-22/h1-7,12,18H,8-11H2/t18-/m0/s1. The molecule has 0 N–H and O–H groups in total. The Morgan fingerprint density at radius 1 is 1.20 bits per heavy atom. The molecule has 1 heterocycles. The second-order valence-electron chi connectivity index (χ2n) is 5.60. The Morgan fingerprint density at radius 2 is 1.92 bits per heavy atom. The number of nitrogens with zero attached hydrogens (tertiary/aromatic N) is 2. The van der Waals surface area contributed by atoms with E-state index in [1.165, 1.54) is 6.07 Å². The number of hydrogen-bond donors (Lipinski definition) is 0. The van der Waals surface area contributed by atoms with Crippen molar-refractivity contribution < 1.29 is 14.3 Å². The van der Waals surface area contributed by atoms with E-state index in [0.717, 1.165) is 5.56 Å². The van der Waals surface area contributed by atoms with E-state index in [9.17, 15) is 4.79 Å². The van der Waals surface area contributed by atoms with Crippen molar-refractivity contribution in [3.8, 4) is 11.8 Å². The highest BCUT2D eigenvalue weighted by Crippen LogP contribution is 2.31. The van der Waals surface area contributed by atoms with Gasteiger partial charge in [-0.1, -0.05) is 41.9 Å². The average molecular weight is 357 g/mol. The number of benzene rings is 2. The van der Waals surface area contributed by atoms with Crippen LogP contribution in [0.25, 0.3) is 0 Å². The quantitative estimate of drug-likeness (QED) is 0.844. The summed E-state index contributed by atoms with van der Waals surface area (Å²) in [5.41, 5.74) is 1.19. The van der Waals surface area contributed by atoms with E-state index in [4.69, 9.17) is 26.3 Å². The number of rotatable bonds is 4. The molecule has 0 unspecified atom stereocenters. The lowest BCUT2D eigenvalue weighted by Gasteiger charge is -2.30. The number of amides is 1. The van der Waals surface area contributed by atoms with E-state index in [1.807, 2.05) is 36.4 Å². The third kappa shape index (κ3) is 4.11. The van der Waals surface area contributed by atoms with Crippen LogP contribution in [0, 0.1) is 11.3 Å². The maximum Gasteiger partial charge on any atom is 0.268 e. The Kier molecular flexibility index (Phi) is 5.54. The Labute approximate surface area is 151 Å². The number of halogens is 1. The molecule has 2 aromatic carbocycles. The van der Waals surface area contributed by atoms with Crippen LogP contribution in [0.15, 0.2) is 48.5 Å². The number of morpholine rings is 1. The van der Waals surface area contributed by atoms with E-state index in [-0.39, 0.29) is 5.91 Å². The summed E-state index contributed by atoms with van der Waals surface area (Å²) >= 11 is 6.21. The Balaban J connectivity index is 1.89. The van der Waals surface area contributed by atoms with Gasteiger partial charge in [-0.25, -0.2) is 0 Å². The minimum absolute atomic E-state index is 0.130. The van der Waals surface area contributed by atoms with Gasteiger partial charge in [0.15, 0.2) is 0 Å². The van der Waals surface area contributed by atoms with Crippen molar-refractivity contribution in [2.24, 2.45) is 0 Å². The molecule has 128 valence electrons. The molecule has 1 atom stereocenters. The molecule has 5 nitrogen and oxygen atoms in total. The third-order valence-electron chi connectivity index (χ3n) is 3.96. The Morgan fingerprint density at radius 3 is 2.56 bits per heavy atom. The summed E-state index contributed by atoms with van der Waals surface area (Å²) in [7, 11) is 0. The molecule has 1 aliphatic rings. The molecule has 0 spiro atoms. The van der Waals surface area contributed by atoms with Crippen molar-refractivity contribution in [2.45, 2.75) is 6.10 Å². The summed E-state index contributed by atoms with van der Waals surface area (Å²) < 4.78 is 11.3. The van der Waals surface area contributed by atoms with Gasteiger partial charge in [-0.05, 0) is 18.2 Å². The first kappa shape index (κ1) is 17.3. The first-order chi connectivity index (χ1) is 12.2. The fourth-order valence-corrected chi connectivity index (χ4v) is 2.86. The predicted molar refractivity (Wildman–Crippen MR) is 93.4 cm³/mol. The number of ether oxygens (including phenoxy) is 2. The van der Waals surface area contributed by atoms with Crippen LogP contribution in [-0.2, 0) is 9.53 Å². The van der Waals surface area contributed by atoms with Gasteiger partial charge < -0.3 is 14.4 Å². The van der Waals surface area contributed by atoms with Gasteiger partial charge in [-0.3, -0.25) is 4.79 Å². The topological polar surface area (TPSA) is 62.6 Å². The highest BCUT2D eigenvalue weighted by Gasteiger charge is 2.29. The molecule has 2 aromatic rings. The molecule has 1 aliphatic heterocycles. The van der Waals surface area contributed by atoms with Gasteiger partial charge in [-0.15, -0.1) is 0 Å². The smallest absolute Gasteiger partial charge is 0.268 e. The van der Waals surface area contributed by atoms with Crippen molar-refractivity contribution >= 4 is 17.5 Å². The van der Waals surface area contributed by atoms with E-state index < -0.39 is 6.10 Å². The van der Waals surface area contributed by atoms with Gasteiger partial charge in [0.1, 0.15) is 5.75 Å². The zero-order chi connectivity index (χ0) is 17.6. The van der Waals surface area contributed by atoms with Gasteiger partial charge in [0, 0.05) is 18.7 Å². The molecule has 1 amide bonds. The zero-order valence-electron chi connectivity index (χ0n) is 13.5. The van der Waals surface area contributed by atoms with Crippen LogP contribution in [-0.4, -0.2) is 37.1 Å². The molecule has 0 aliphatic carbocycles. The third-order valence-corrected chi connectivity index (χ3v) is 4.25. The van der Waals surface area contributed by atoms with E-state index in [0.29, 0.717) is 42.6 Å². The summed E-state index contributed by atoms with van der Waals surface area (Å²) in [5, 5.41) is 9.25. The molecule has 0 aromatic heterocycles. The molecular formula is C19H17ClN2O3. The maximum absolute atomic E-state index is 13.0. The molecule has 1 fully saturated rings. The zero-order valence-corrected chi connectivity index (χ0v) is 14.3. The SMILES string of the molecule is N#Cc1ccc(O[C@H](C(=O)N2CCOCC2)c2ccccc2)c(Cl)c1. The number of nitriles is 1. The fourth-order valence-electron chi connectivity index (χ4n) is 2.63. The average Bonchev–Trinajstić information content (AvgIpc) is 2.68. The lowest BCUT2D eigenvalue weighted by atomic mass is 10.1. The highest BCUT2D eigenvalue weighted by molar-refractivity contribution is 6.32. The monoisotopic (exact) mass is 356 g/mol. The van der Waals surface area contributed by atoms with E-state index in [2.05, 4.69) is 0 Å². The second kappa shape index (κ2) is 8.02. The van der Waals surface area contributed by atoms with Crippen LogP contribution < -0.4 is 4.74 Å². The molecule has 0 bridgehead atoms. The number of carbonyl (C=O) groups excluding carboxylic acids is 1. The van der Waals surface area contributed by atoms with E-state index >= 15 is 0 Å². The highest BCUT2D eigenvalue weighted by atomic mass is 35.5. The van der Waals surface area contributed by atoms with Crippen LogP contribution >= 0.6 is 11.6 Å². The van der Waals surface area contributed by atoms with Crippen molar-refractivity contribution in [3.05, 3.63) is 64.7 Å². The Hall–Kier alpha value is -2.55. The van der Waals surface area contributed by atoms with Gasteiger partial charge in [-0.2, -0.15) is 5.26 Å². The van der Waals surface area contributed by atoms with Crippen molar-refractivity contribution in [3.63, 3.8) is 0 Å². The minimum Gasteiger partial charge on any atom is -0.474 e. The molecule has 0 radical (unpaired) electrons. The normalized spacial score (nSPS) is 15.3. The van der Waals surface area contributed by atoms with Crippen molar-refractivity contribution in [2.75, 3.05) is 26.3 Å². The minimum atomic E-state index is -0.801. The fraction of sp³-hybridized carbons (Fsp3) is 0.263. The lowest BCUT2D eigenvalue weighted by Crippen LogP contribution is -2.44. The summed E-state index contributed by atoms with van der Waals surface area (Å²) in [5.74, 6) is 0.242. The summed E-state index contributed by atoms with van der Waals surface area (Å²) in [6, 6.07) is 16.1. The van der Waals surface area contributed by atoms with Crippen LogP contribution in [0.1, 0.15) is 17.2 Å². The second-order valence-corrected chi connectivity index (χ2v) is 6.01. The molecule has 6 heteroatoms. The molecular weight excluding hydrogens is 340 g/mol. The van der Waals surface area contributed by atoms with Gasteiger partial charge in [0.2, 0.25) is 6.10 Å². The van der Waals surface area contributed by atoms with Gasteiger partial charge in [0.05, 0.1) is 29.9 Å². The number of carbonyl (C=O) groups is 1. The summed E-state index contributed by atoms with van der Waals surface area (Å²) in [6.45, 7) is 2.11. The van der Waals surface area contributed by atoms with E-state index in [1.54, 1.807) is 17.0 Å². The Bertz CT molecular complexity index is 783.